The number of ether oxygens (including phenoxy) is 3. The molecule has 0 bridgehead atoms. The highest BCUT2D eigenvalue weighted by Gasteiger charge is 2.25. The van der Waals surface area contributed by atoms with Crippen molar-refractivity contribution in [1.82, 2.24) is 9.80 Å². The number of carbonyl (C=O) groups excluding carboxylic acids is 2. The van der Waals surface area contributed by atoms with E-state index in [9.17, 15) is 14.0 Å². The molecule has 0 radical (unpaired) electrons. The summed E-state index contributed by atoms with van der Waals surface area (Å²) in [6.45, 7) is 1.38. The van der Waals surface area contributed by atoms with Crippen LogP contribution >= 0.6 is 11.6 Å². The lowest BCUT2D eigenvalue weighted by Gasteiger charge is -2.34. The highest BCUT2D eigenvalue weighted by Crippen LogP contribution is 2.24. The van der Waals surface area contributed by atoms with Crippen LogP contribution < -0.4 is 14.2 Å². The van der Waals surface area contributed by atoms with E-state index < -0.39 is 5.82 Å². The van der Waals surface area contributed by atoms with E-state index >= 15 is 0 Å². The van der Waals surface area contributed by atoms with Gasteiger partial charge in [-0.3, -0.25) is 9.59 Å². The zero-order valence-corrected chi connectivity index (χ0v) is 17.4. The van der Waals surface area contributed by atoms with Crippen molar-refractivity contribution in [3.8, 4) is 17.2 Å². The van der Waals surface area contributed by atoms with Gasteiger partial charge < -0.3 is 24.0 Å². The summed E-state index contributed by atoms with van der Waals surface area (Å²) in [6, 6.07) is 8.92. The number of methoxy groups -OCH3 is 2. The minimum absolute atomic E-state index is 0.0683. The average molecular weight is 437 g/mol. The van der Waals surface area contributed by atoms with Crippen LogP contribution in [-0.4, -0.2) is 68.6 Å². The van der Waals surface area contributed by atoms with Gasteiger partial charge in [0.1, 0.15) is 23.1 Å². The number of rotatable bonds is 6. The minimum atomic E-state index is -0.551. The Kier molecular flexibility index (Phi) is 6.99. The normalized spacial score (nSPS) is 13.7. The van der Waals surface area contributed by atoms with Gasteiger partial charge in [0.05, 0.1) is 19.2 Å². The van der Waals surface area contributed by atoms with E-state index in [-0.39, 0.29) is 23.4 Å². The summed E-state index contributed by atoms with van der Waals surface area (Å²) in [5.41, 5.74) is 0.461. The van der Waals surface area contributed by atoms with Crippen LogP contribution in [0.15, 0.2) is 36.4 Å². The van der Waals surface area contributed by atoms with Gasteiger partial charge in [-0.15, -0.1) is 0 Å². The standard InChI is InChI=1S/C21H22ClFN2O5/c1-28-16-9-14(10-17(11-16)29-2)21(27)25-7-5-24(6-8-25)20(26)13-30-15-3-4-19(23)18(22)12-15/h3-4,9-12H,5-8,13H2,1-2H3. The second-order valence-corrected chi connectivity index (χ2v) is 7.05. The Bertz CT molecular complexity index is 909. The highest BCUT2D eigenvalue weighted by atomic mass is 35.5. The van der Waals surface area contributed by atoms with Gasteiger partial charge in [0.25, 0.3) is 11.8 Å². The van der Waals surface area contributed by atoms with Crippen LogP contribution in [0.4, 0.5) is 4.39 Å². The second kappa shape index (κ2) is 9.67. The van der Waals surface area contributed by atoms with E-state index in [0.717, 1.165) is 0 Å². The Morgan fingerprint density at radius 2 is 1.53 bits per heavy atom. The lowest BCUT2D eigenvalue weighted by Crippen LogP contribution is -2.51. The van der Waals surface area contributed by atoms with Crippen molar-refractivity contribution in [3.63, 3.8) is 0 Å². The van der Waals surface area contributed by atoms with Crippen LogP contribution in [0.2, 0.25) is 5.02 Å². The topological polar surface area (TPSA) is 68.3 Å². The van der Waals surface area contributed by atoms with Crippen molar-refractivity contribution in [2.75, 3.05) is 47.0 Å². The lowest BCUT2D eigenvalue weighted by atomic mass is 10.1. The Balaban J connectivity index is 1.54. The Hall–Kier alpha value is -3.00. The first-order valence-electron chi connectivity index (χ1n) is 9.29. The van der Waals surface area contributed by atoms with Gasteiger partial charge in [-0.05, 0) is 24.3 Å². The Labute approximate surface area is 178 Å². The maximum Gasteiger partial charge on any atom is 0.260 e. The lowest BCUT2D eigenvalue weighted by molar-refractivity contribution is -0.134. The van der Waals surface area contributed by atoms with Crippen LogP contribution in [0.3, 0.4) is 0 Å². The molecule has 30 heavy (non-hydrogen) atoms. The fourth-order valence-corrected chi connectivity index (χ4v) is 3.25. The maximum absolute atomic E-state index is 13.2. The van der Waals surface area contributed by atoms with E-state index in [4.69, 9.17) is 25.8 Å². The monoisotopic (exact) mass is 436 g/mol. The van der Waals surface area contributed by atoms with Gasteiger partial charge in [0.15, 0.2) is 6.61 Å². The summed E-state index contributed by atoms with van der Waals surface area (Å²) in [5, 5.41) is -0.0683. The maximum atomic E-state index is 13.2. The fourth-order valence-electron chi connectivity index (χ4n) is 3.08. The van der Waals surface area contributed by atoms with E-state index in [1.54, 1.807) is 28.0 Å². The summed E-state index contributed by atoms with van der Waals surface area (Å²) in [5.74, 6) is 0.455. The Morgan fingerprint density at radius 3 is 2.10 bits per heavy atom. The number of halogens is 2. The third-order valence-electron chi connectivity index (χ3n) is 4.77. The molecule has 7 nitrogen and oxygen atoms in total. The molecule has 2 aromatic rings. The van der Waals surface area contributed by atoms with Crippen molar-refractivity contribution in [1.29, 1.82) is 0 Å². The zero-order valence-electron chi connectivity index (χ0n) is 16.7. The number of amides is 2. The molecule has 0 atom stereocenters. The first-order valence-corrected chi connectivity index (χ1v) is 9.67. The van der Waals surface area contributed by atoms with E-state index in [1.807, 2.05) is 0 Å². The third kappa shape index (κ3) is 5.13. The molecular weight excluding hydrogens is 415 g/mol. The number of piperazine rings is 1. The molecule has 0 spiro atoms. The summed E-state index contributed by atoms with van der Waals surface area (Å²) in [6.07, 6.45) is 0. The van der Waals surface area contributed by atoms with Gasteiger partial charge >= 0.3 is 0 Å². The molecule has 9 heteroatoms. The zero-order chi connectivity index (χ0) is 21.7. The average Bonchev–Trinajstić information content (AvgIpc) is 2.78. The van der Waals surface area contributed by atoms with Gasteiger partial charge in [-0.1, -0.05) is 11.6 Å². The SMILES string of the molecule is COc1cc(OC)cc(C(=O)N2CCN(C(=O)COc3ccc(F)c(Cl)c3)CC2)c1. The molecule has 1 fully saturated rings. The summed E-state index contributed by atoms with van der Waals surface area (Å²) >= 11 is 5.71. The van der Waals surface area contributed by atoms with Crippen molar-refractivity contribution in [2.24, 2.45) is 0 Å². The van der Waals surface area contributed by atoms with Crippen LogP contribution in [-0.2, 0) is 4.79 Å². The predicted octanol–water partition coefficient (Wildman–Crippen LogP) is 2.86. The predicted molar refractivity (Wildman–Crippen MR) is 109 cm³/mol. The molecule has 0 aliphatic carbocycles. The number of hydrogen-bond acceptors (Lipinski definition) is 5. The molecule has 160 valence electrons. The second-order valence-electron chi connectivity index (χ2n) is 6.64. The molecular formula is C21H22ClFN2O5. The summed E-state index contributed by atoms with van der Waals surface area (Å²) in [7, 11) is 3.05. The fraction of sp³-hybridized carbons (Fsp3) is 0.333. The summed E-state index contributed by atoms with van der Waals surface area (Å²) in [4.78, 5) is 28.5. The van der Waals surface area contributed by atoms with Gasteiger partial charge in [-0.25, -0.2) is 4.39 Å². The van der Waals surface area contributed by atoms with Crippen LogP contribution in [0.5, 0.6) is 17.2 Å². The molecule has 1 aliphatic rings. The van der Waals surface area contributed by atoms with Crippen LogP contribution in [0.25, 0.3) is 0 Å². The first-order chi connectivity index (χ1) is 14.4. The van der Waals surface area contributed by atoms with Gasteiger partial charge in [0.2, 0.25) is 0 Å². The van der Waals surface area contributed by atoms with Crippen molar-refractivity contribution in [3.05, 3.63) is 52.8 Å². The molecule has 1 heterocycles. The number of nitrogens with zero attached hydrogens (tertiary/aromatic N) is 2. The van der Waals surface area contributed by atoms with Crippen molar-refractivity contribution >= 4 is 23.4 Å². The van der Waals surface area contributed by atoms with E-state index in [1.165, 1.54) is 32.4 Å². The number of hydrogen-bond donors (Lipinski definition) is 0. The van der Waals surface area contributed by atoms with Gasteiger partial charge in [0, 0.05) is 43.9 Å². The van der Waals surface area contributed by atoms with Crippen molar-refractivity contribution < 1.29 is 28.2 Å². The quantitative estimate of drug-likeness (QED) is 0.696. The minimum Gasteiger partial charge on any atom is -0.497 e. The Morgan fingerprint density at radius 1 is 0.933 bits per heavy atom. The van der Waals surface area contributed by atoms with Crippen LogP contribution in [0, 0.1) is 5.82 Å². The van der Waals surface area contributed by atoms with Crippen LogP contribution in [0.1, 0.15) is 10.4 Å². The smallest absolute Gasteiger partial charge is 0.260 e. The molecule has 0 unspecified atom stereocenters. The molecule has 2 amide bonds. The number of carbonyl (C=O) groups is 2. The molecule has 0 N–H and O–H groups in total. The number of benzene rings is 2. The molecule has 0 saturated carbocycles. The molecule has 3 rings (SSSR count). The molecule has 0 aromatic heterocycles. The van der Waals surface area contributed by atoms with Crippen molar-refractivity contribution in [2.45, 2.75) is 0 Å². The first kappa shape index (κ1) is 21.7. The molecule has 2 aromatic carbocycles. The molecule has 1 aliphatic heterocycles. The van der Waals surface area contributed by atoms with E-state index in [0.29, 0.717) is 49.0 Å². The highest BCUT2D eigenvalue weighted by molar-refractivity contribution is 6.30. The summed E-state index contributed by atoms with van der Waals surface area (Å²) < 4.78 is 29.0. The largest absolute Gasteiger partial charge is 0.497 e. The molecule has 1 saturated heterocycles. The third-order valence-corrected chi connectivity index (χ3v) is 5.06. The van der Waals surface area contributed by atoms with E-state index in [2.05, 4.69) is 0 Å². The van der Waals surface area contributed by atoms with Gasteiger partial charge in [-0.2, -0.15) is 0 Å².